The van der Waals surface area contributed by atoms with E-state index in [4.69, 9.17) is 9.47 Å². The molecular formula is C17H24N2O6S. The molecule has 0 radical (unpaired) electrons. The van der Waals surface area contributed by atoms with E-state index in [1.165, 1.54) is 28.6 Å². The Morgan fingerprint density at radius 2 is 1.88 bits per heavy atom. The Bertz CT molecular complexity index is 764. The fraction of sp³-hybridized carbons (Fsp3) is 0.529. The van der Waals surface area contributed by atoms with Gasteiger partial charge in [0.25, 0.3) is 5.91 Å². The molecule has 0 spiro atoms. The van der Waals surface area contributed by atoms with Crippen LogP contribution in [0.15, 0.2) is 29.2 Å². The summed E-state index contributed by atoms with van der Waals surface area (Å²) in [5.74, 6) is -1.18. The molecule has 1 N–H and O–H groups in total. The minimum absolute atomic E-state index is 0.00740. The van der Waals surface area contributed by atoms with Crippen LogP contribution in [0.1, 0.15) is 31.1 Å². The Kier molecular flexibility index (Phi) is 6.38. The number of carbonyl (C=O) groups excluding carboxylic acids is 2. The number of ether oxygens (including phenoxy) is 2. The third-order valence-corrected chi connectivity index (χ3v) is 5.42. The van der Waals surface area contributed by atoms with Crippen LogP contribution in [0.25, 0.3) is 0 Å². The van der Waals surface area contributed by atoms with E-state index in [1.807, 2.05) is 20.8 Å². The zero-order chi connectivity index (χ0) is 19.4. The van der Waals surface area contributed by atoms with Crippen molar-refractivity contribution in [1.29, 1.82) is 0 Å². The molecule has 0 saturated carbocycles. The zero-order valence-corrected chi connectivity index (χ0v) is 16.0. The second-order valence-corrected chi connectivity index (χ2v) is 8.86. The monoisotopic (exact) mass is 384 g/mol. The fourth-order valence-electron chi connectivity index (χ4n) is 2.39. The average Bonchev–Trinajstić information content (AvgIpc) is 2.59. The predicted octanol–water partition coefficient (Wildman–Crippen LogP) is 0.779. The van der Waals surface area contributed by atoms with Crippen molar-refractivity contribution in [2.75, 3.05) is 32.9 Å². The van der Waals surface area contributed by atoms with E-state index in [9.17, 15) is 18.0 Å². The van der Waals surface area contributed by atoms with Crippen LogP contribution in [0.2, 0.25) is 0 Å². The summed E-state index contributed by atoms with van der Waals surface area (Å²) in [5, 5.41) is 2.67. The quantitative estimate of drug-likeness (QED) is 0.753. The van der Waals surface area contributed by atoms with Crippen molar-refractivity contribution in [2.45, 2.75) is 31.2 Å². The smallest absolute Gasteiger partial charge is 0.338 e. The molecule has 1 aliphatic rings. The maximum Gasteiger partial charge on any atom is 0.338 e. The first-order chi connectivity index (χ1) is 12.1. The van der Waals surface area contributed by atoms with E-state index in [-0.39, 0.29) is 23.5 Å². The van der Waals surface area contributed by atoms with Gasteiger partial charge in [0.2, 0.25) is 10.0 Å². The summed E-state index contributed by atoms with van der Waals surface area (Å²) in [5.41, 5.74) is -0.363. The lowest BCUT2D eigenvalue weighted by atomic mass is 10.1. The van der Waals surface area contributed by atoms with Crippen LogP contribution in [0, 0.1) is 0 Å². The summed E-state index contributed by atoms with van der Waals surface area (Å²) >= 11 is 0. The largest absolute Gasteiger partial charge is 0.452 e. The molecule has 144 valence electrons. The second-order valence-electron chi connectivity index (χ2n) is 6.92. The van der Waals surface area contributed by atoms with E-state index >= 15 is 0 Å². The molecule has 1 amide bonds. The van der Waals surface area contributed by atoms with E-state index < -0.39 is 34.0 Å². The SMILES string of the molecule is CC(C)(C)NC(=O)COC(=O)c1cccc(S(=O)(=O)N2CCOCC2)c1. The maximum atomic E-state index is 12.6. The minimum atomic E-state index is -3.71. The van der Waals surface area contributed by atoms with Gasteiger partial charge < -0.3 is 14.8 Å². The van der Waals surface area contributed by atoms with Crippen LogP contribution in [-0.4, -0.2) is 63.0 Å². The molecule has 0 bridgehead atoms. The van der Waals surface area contributed by atoms with Crippen molar-refractivity contribution in [2.24, 2.45) is 0 Å². The molecule has 1 fully saturated rings. The van der Waals surface area contributed by atoms with Crippen LogP contribution in [0.5, 0.6) is 0 Å². The molecule has 0 aromatic heterocycles. The lowest BCUT2D eigenvalue weighted by molar-refractivity contribution is -0.125. The first-order valence-corrected chi connectivity index (χ1v) is 9.70. The highest BCUT2D eigenvalue weighted by Crippen LogP contribution is 2.18. The molecule has 8 nitrogen and oxygen atoms in total. The first kappa shape index (κ1) is 20.3. The standard InChI is InChI=1S/C17H24N2O6S/c1-17(2,3)18-15(20)12-25-16(21)13-5-4-6-14(11-13)26(22,23)19-7-9-24-10-8-19/h4-6,11H,7-10,12H2,1-3H3,(H,18,20). The van der Waals surface area contributed by atoms with Gasteiger partial charge in [0.1, 0.15) is 0 Å². The number of rotatable bonds is 5. The lowest BCUT2D eigenvalue weighted by Crippen LogP contribution is -2.42. The zero-order valence-electron chi connectivity index (χ0n) is 15.1. The van der Waals surface area contributed by atoms with Crippen molar-refractivity contribution in [1.82, 2.24) is 9.62 Å². The van der Waals surface area contributed by atoms with Crippen molar-refractivity contribution < 1.29 is 27.5 Å². The molecule has 1 heterocycles. The van der Waals surface area contributed by atoms with Crippen molar-refractivity contribution >= 4 is 21.9 Å². The van der Waals surface area contributed by atoms with Gasteiger partial charge in [0.05, 0.1) is 23.7 Å². The summed E-state index contributed by atoms with van der Waals surface area (Å²) in [6, 6.07) is 5.60. The van der Waals surface area contributed by atoms with Crippen LogP contribution in [0.4, 0.5) is 0 Å². The molecule has 0 aliphatic carbocycles. The number of morpholine rings is 1. The number of sulfonamides is 1. The maximum absolute atomic E-state index is 12.6. The highest BCUT2D eigenvalue weighted by molar-refractivity contribution is 7.89. The van der Waals surface area contributed by atoms with Crippen LogP contribution >= 0.6 is 0 Å². The highest BCUT2D eigenvalue weighted by atomic mass is 32.2. The van der Waals surface area contributed by atoms with Gasteiger partial charge in [0.15, 0.2) is 6.61 Å². The van der Waals surface area contributed by atoms with Gasteiger partial charge in [-0.05, 0) is 39.0 Å². The van der Waals surface area contributed by atoms with E-state index in [0.717, 1.165) is 0 Å². The Morgan fingerprint density at radius 1 is 1.23 bits per heavy atom. The molecule has 0 atom stereocenters. The first-order valence-electron chi connectivity index (χ1n) is 8.26. The van der Waals surface area contributed by atoms with Gasteiger partial charge in [-0.3, -0.25) is 4.79 Å². The summed E-state index contributed by atoms with van der Waals surface area (Å²) in [6.45, 7) is 6.21. The molecule has 1 aromatic carbocycles. The van der Waals surface area contributed by atoms with Gasteiger partial charge in [-0.2, -0.15) is 4.31 Å². The summed E-state index contributed by atoms with van der Waals surface area (Å²) in [7, 11) is -3.71. The number of hydrogen-bond donors (Lipinski definition) is 1. The number of carbonyl (C=O) groups is 2. The van der Waals surface area contributed by atoms with E-state index in [2.05, 4.69) is 5.32 Å². The molecule has 26 heavy (non-hydrogen) atoms. The fourth-order valence-corrected chi connectivity index (χ4v) is 3.84. The van der Waals surface area contributed by atoms with Gasteiger partial charge in [-0.1, -0.05) is 6.07 Å². The van der Waals surface area contributed by atoms with Crippen LogP contribution in [0.3, 0.4) is 0 Å². The number of esters is 1. The Hall–Kier alpha value is -1.97. The topological polar surface area (TPSA) is 102 Å². The summed E-state index contributed by atoms with van der Waals surface area (Å²) < 4.78 is 36.7. The highest BCUT2D eigenvalue weighted by Gasteiger charge is 2.27. The molecule has 9 heteroatoms. The van der Waals surface area contributed by atoms with Crippen LogP contribution in [-0.2, 0) is 24.3 Å². The Morgan fingerprint density at radius 3 is 2.50 bits per heavy atom. The predicted molar refractivity (Wildman–Crippen MR) is 94.2 cm³/mol. The number of nitrogens with zero attached hydrogens (tertiary/aromatic N) is 1. The van der Waals surface area contributed by atoms with E-state index in [1.54, 1.807) is 0 Å². The van der Waals surface area contributed by atoms with Crippen molar-refractivity contribution in [3.8, 4) is 0 Å². The summed E-state index contributed by atoms with van der Waals surface area (Å²) in [4.78, 5) is 23.9. The number of hydrogen-bond acceptors (Lipinski definition) is 6. The third kappa shape index (κ3) is 5.52. The van der Waals surface area contributed by atoms with Crippen molar-refractivity contribution in [3.05, 3.63) is 29.8 Å². The number of amides is 1. The molecule has 1 aromatic rings. The van der Waals surface area contributed by atoms with Gasteiger partial charge in [0, 0.05) is 18.6 Å². The summed E-state index contributed by atoms with van der Waals surface area (Å²) in [6.07, 6.45) is 0. The molecular weight excluding hydrogens is 360 g/mol. The second kappa shape index (κ2) is 8.15. The minimum Gasteiger partial charge on any atom is -0.452 e. The van der Waals surface area contributed by atoms with Gasteiger partial charge in [-0.15, -0.1) is 0 Å². The third-order valence-electron chi connectivity index (χ3n) is 3.53. The number of nitrogens with one attached hydrogen (secondary N) is 1. The molecule has 1 aliphatic heterocycles. The molecule has 1 saturated heterocycles. The molecule has 0 unspecified atom stereocenters. The average molecular weight is 384 g/mol. The number of benzene rings is 1. The van der Waals surface area contributed by atoms with E-state index in [0.29, 0.717) is 13.2 Å². The van der Waals surface area contributed by atoms with Gasteiger partial charge in [-0.25, -0.2) is 13.2 Å². The lowest BCUT2D eigenvalue weighted by Gasteiger charge is -2.26. The van der Waals surface area contributed by atoms with Crippen LogP contribution < -0.4 is 5.32 Å². The normalized spacial score (nSPS) is 16.1. The van der Waals surface area contributed by atoms with Crippen molar-refractivity contribution in [3.63, 3.8) is 0 Å². The molecule has 2 rings (SSSR count). The van der Waals surface area contributed by atoms with Gasteiger partial charge >= 0.3 is 5.97 Å². The Labute approximate surface area is 153 Å². The Balaban J connectivity index is 2.06.